The third-order valence-corrected chi connectivity index (χ3v) is 2.97. The maximum Gasteiger partial charge on any atom is 0.239 e. The van der Waals surface area contributed by atoms with Crippen LogP contribution in [0.4, 0.5) is 0 Å². The van der Waals surface area contributed by atoms with Crippen molar-refractivity contribution in [2.24, 2.45) is 5.73 Å². The van der Waals surface area contributed by atoms with Gasteiger partial charge in [0, 0.05) is 11.9 Å². The average Bonchev–Trinajstić information content (AvgIpc) is 2.68. The predicted molar refractivity (Wildman–Crippen MR) is 59.1 cm³/mol. The maximum absolute atomic E-state index is 11.6. The van der Waals surface area contributed by atoms with Crippen molar-refractivity contribution in [2.45, 2.75) is 25.9 Å². The van der Waals surface area contributed by atoms with Crippen molar-refractivity contribution < 1.29 is 4.79 Å². The van der Waals surface area contributed by atoms with Gasteiger partial charge >= 0.3 is 0 Å². The van der Waals surface area contributed by atoms with Gasteiger partial charge in [-0.15, -0.1) is 11.3 Å². The fraction of sp³-hybridized carbons (Fsp3) is 0.500. The molecule has 1 heterocycles. The molecule has 14 heavy (non-hydrogen) atoms. The van der Waals surface area contributed by atoms with Gasteiger partial charge in [0.25, 0.3) is 0 Å². The van der Waals surface area contributed by atoms with Gasteiger partial charge in [-0.2, -0.15) is 0 Å². The highest BCUT2D eigenvalue weighted by Gasteiger charge is 2.16. The second-order valence-corrected chi connectivity index (χ2v) is 4.32. The lowest BCUT2D eigenvalue weighted by Gasteiger charge is -2.19. The van der Waals surface area contributed by atoms with E-state index >= 15 is 0 Å². The quantitative estimate of drug-likeness (QED) is 0.821. The molecule has 1 rings (SSSR count). The van der Waals surface area contributed by atoms with E-state index in [0.717, 1.165) is 0 Å². The molecule has 0 aliphatic rings. The first kappa shape index (κ1) is 11.2. The molecule has 3 nitrogen and oxygen atoms in total. The topological polar surface area (TPSA) is 46.3 Å². The van der Waals surface area contributed by atoms with E-state index in [0.29, 0.717) is 13.0 Å². The Labute approximate surface area is 88.5 Å². The van der Waals surface area contributed by atoms with Crippen molar-refractivity contribution in [3.8, 4) is 0 Å². The summed E-state index contributed by atoms with van der Waals surface area (Å²) in [6, 6.07) is 3.64. The molecule has 1 unspecified atom stereocenters. The Hall–Kier alpha value is -0.870. The highest BCUT2D eigenvalue weighted by molar-refractivity contribution is 7.09. The number of hydrogen-bond acceptors (Lipinski definition) is 3. The lowest BCUT2D eigenvalue weighted by Crippen LogP contribution is -2.40. The summed E-state index contributed by atoms with van der Waals surface area (Å²) in [6.45, 7) is 2.58. The molecule has 1 atom stereocenters. The minimum atomic E-state index is -0.361. The van der Waals surface area contributed by atoms with Gasteiger partial charge in [-0.25, -0.2) is 0 Å². The zero-order chi connectivity index (χ0) is 10.6. The zero-order valence-corrected chi connectivity index (χ0v) is 9.38. The summed E-state index contributed by atoms with van der Waals surface area (Å²) in [5, 5.41) is 2.01. The summed E-state index contributed by atoms with van der Waals surface area (Å²) in [6.07, 6.45) is 0.688. The van der Waals surface area contributed by atoms with Crippen LogP contribution in [-0.4, -0.2) is 23.9 Å². The summed E-state index contributed by atoms with van der Waals surface area (Å²) in [4.78, 5) is 14.5. The molecule has 0 bridgehead atoms. The highest BCUT2D eigenvalue weighted by atomic mass is 32.1. The molecule has 0 aromatic carbocycles. The Balaban J connectivity index is 2.50. The minimum Gasteiger partial charge on any atom is -0.339 e. The SMILES string of the molecule is CCC(N)C(=O)N(C)Cc1cccs1. The van der Waals surface area contributed by atoms with Crippen LogP contribution < -0.4 is 5.73 Å². The molecule has 1 aromatic heterocycles. The number of thiophene rings is 1. The lowest BCUT2D eigenvalue weighted by molar-refractivity contribution is -0.131. The van der Waals surface area contributed by atoms with E-state index in [1.54, 1.807) is 23.3 Å². The number of likely N-dealkylation sites (N-methyl/N-ethyl adjacent to an activating group) is 1. The number of nitrogens with zero attached hydrogens (tertiary/aromatic N) is 1. The van der Waals surface area contributed by atoms with Crippen molar-refractivity contribution in [1.82, 2.24) is 4.90 Å². The first-order chi connectivity index (χ1) is 6.65. The second kappa shape index (κ2) is 5.12. The summed E-state index contributed by atoms with van der Waals surface area (Å²) in [7, 11) is 1.79. The standard InChI is InChI=1S/C10H16N2OS/c1-3-9(11)10(13)12(2)7-8-5-4-6-14-8/h4-6,9H,3,7,11H2,1-2H3. The van der Waals surface area contributed by atoms with E-state index in [9.17, 15) is 4.79 Å². The number of amides is 1. The van der Waals surface area contributed by atoms with E-state index in [-0.39, 0.29) is 11.9 Å². The number of carbonyl (C=O) groups is 1. The van der Waals surface area contributed by atoms with Gasteiger partial charge in [-0.1, -0.05) is 13.0 Å². The third kappa shape index (κ3) is 2.82. The Morgan fingerprint density at radius 1 is 1.71 bits per heavy atom. The van der Waals surface area contributed by atoms with Gasteiger partial charge in [0.05, 0.1) is 12.6 Å². The van der Waals surface area contributed by atoms with Gasteiger partial charge in [0.2, 0.25) is 5.91 Å². The van der Waals surface area contributed by atoms with Crippen LogP contribution in [0.1, 0.15) is 18.2 Å². The monoisotopic (exact) mass is 212 g/mol. The Bertz CT molecular complexity index is 284. The molecule has 78 valence electrons. The van der Waals surface area contributed by atoms with Crippen LogP contribution in [0.2, 0.25) is 0 Å². The van der Waals surface area contributed by atoms with Crippen LogP contribution in [0, 0.1) is 0 Å². The van der Waals surface area contributed by atoms with E-state index in [1.807, 2.05) is 24.4 Å². The second-order valence-electron chi connectivity index (χ2n) is 3.29. The zero-order valence-electron chi connectivity index (χ0n) is 8.56. The smallest absolute Gasteiger partial charge is 0.239 e. The van der Waals surface area contributed by atoms with Crippen LogP contribution in [0.15, 0.2) is 17.5 Å². The molecular formula is C10H16N2OS. The van der Waals surface area contributed by atoms with Crippen molar-refractivity contribution in [3.05, 3.63) is 22.4 Å². The van der Waals surface area contributed by atoms with Gasteiger partial charge < -0.3 is 10.6 Å². The van der Waals surface area contributed by atoms with E-state index in [2.05, 4.69) is 0 Å². The summed E-state index contributed by atoms with van der Waals surface area (Å²) >= 11 is 1.65. The first-order valence-corrected chi connectivity index (χ1v) is 5.56. The number of nitrogens with two attached hydrogens (primary N) is 1. The molecule has 0 saturated heterocycles. The van der Waals surface area contributed by atoms with Gasteiger partial charge in [-0.05, 0) is 17.9 Å². The van der Waals surface area contributed by atoms with Gasteiger partial charge in [0.15, 0.2) is 0 Å². The molecule has 1 amide bonds. The lowest BCUT2D eigenvalue weighted by atomic mass is 10.2. The molecule has 0 aliphatic heterocycles. The number of carbonyl (C=O) groups excluding carboxylic acids is 1. The first-order valence-electron chi connectivity index (χ1n) is 4.68. The van der Waals surface area contributed by atoms with Crippen LogP contribution >= 0.6 is 11.3 Å². The van der Waals surface area contributed by atoms with Crippen LogP contribution in [0.25, 0.3) is 0 Å². The maximum atomic E-state index is 11.6. The molecule has 2 N–H and O–H groups in total. The number of rotatable bonds is 4. The van der Waals surface area contributed by atoms with E-state index < -0.39 is 0 Å². The van der Waals surface area contributed by atoms with Crippen LogP contribution in [0.5, 0.6) is 0 Å². The van der Waals surface area contributed by atoms with Crippen LogP contribution in [-0.2, 0) is 11.3 Å². The fourth-order valence-electron chi connectivity index (χ4n) is 1.17. The molecule has 0 fully saturated rings. The normalized spacial score (nSPS) is 12.5. The van der Waals surface area contributed by atoms with E-state index in [4.69, 9.17) is 5.73 Å². The number of hydrogen-bond donors (Lipinski definition) is 1. The predicted octanol–water partition coefficient (Wildman–Crippen LogP) is 1.44. The van der Waals surface area contributed by atoms with Gasteiger partial charge in [-0.3, -0.25) is 4.79 Å². The van der Waals surface area contributed by atoms with E-state index in [1.165, 1.54) is 4.88 Å². The summed E-state index contributed by atoms with van der Waals surface area (Å²) in [5.74, 6) is 0.0147. The molecular weight excluding hydrogens is 196 g/mol. The molecule has 0 spiro atoms. The molecule has 0 radical (unpaired) electrons. The fourth-order valence-corrected chi connectivity index (χ4v) is 1.93. The largest absolute Gasteiger partial charge is 0.339 e. The summed E-state index contributed by atoms with van der Waals surface area (Å²) < 4.78 is 0. The molecule has 4 heteroatoms. The van der Waals surface area contributed by atoms with Crippen molar-refractivity contribution in [3.63, 3.8) is 0 Å². The third-order valence-electron chi connectivity index (χ3n) is 2.11. The van der Waals surface area contributed by atoms with Gasteiger partial charge in [0.1, 0.15) is 0 Å². The van der Waals surface area contributed by atoms with Crippen molar-refractivity contribution in [2.75, 3.05) is 7.05 Å². The Kier molecular flexibility index (Phi) is 4.10. The van der Waals surface area contributed by atoms with Crippen LogP contribution in [0.3, 0.4) is 0 Å². The molecule has 1 aromatic rings. The van der Waals surface area contributed by atoms with Crippen molar-refractivity contribution >= 4 is 17.2 Å². The Morgan fingerprint density at radius 3 is 2.93 bits per heavy atom. The Morgan fingerprint density at radius 2 is 2.43 bits per heavy atom. The average molecular weight is 212 g/mol. The minimum absolute atomic E-state index is 0.0147. The molecule has 0 aliphatic carbocycles. The van der Waals surface area contributed by atoms with Crippen molar-refractivity contribution in [1.29, 1.82) is 0 Å². The highest BCUT2D eigenvalue weighted by Crippen LogP contribution is 2.11. The summed E-state index contributed by atoms with van der Waals surface area (Å²) in [5.41, 5.74) is 5.66. The molecule has 0 saturated carbocycles.